The van der Waals surface area contributed by atoms with Gasteiger partial charge in [-0.15, -0.1) is 0 Å². The van der Waals surface area contributed by atoms with Gasteiger partial charge in [0, 0.05) is 6.42 Å². The highest BCUT2D eigenvalue weighted by Crippen LogP contribution is 2.17. The highest BCUT2D eigenvalue weighted by molar-refractivity contribution is 5.17. The van der Waals surface area contributed by atoms with E-state index in [1.165, 1.54) is 18.4 Å². The van der Waals surface area contributed by atoms with Gasteiger partial charge in [-0.05, 0) is 19.3 Å². The fraction of sp³-hybridized carbons (Fsp3) is 0.364. The molecule has 2 nitrogen and oxygen atoms in total. The topological polar surface area (TPSA) is 26.0 Å². The van der Waals surface area contributed by atoms with E-state index in [0.717, 1.165) is 18.7 Å². The van der Waals surface area contributed by atoms with Gasteiger partial charge in [-0.2, -0.15) is 0 Å². The Labute approximate surface area is 78.0 Å². The zero-order chi connectivity index (χ0) is 8.93. The maximum atomic E-state index is 5.17. The lowest BCUT2D eigenvalue weighted by Crippen LogP contribution is -1.91. The summed E-state index contributed by atoms with van der Waals surface area (Å²) in [7, 11) is 0. The van der Waals surface area contributed by atoms with Crippen LogP contribution in [0.4, 0.5) is 0 Å². The van der Waals surface area contributed by atoms with Crippen LogP contribution in [-0.4, -0.2) is 4.98 Å². The van der Waals surface area contributed by atoms with E-state index in [0.29, 0.717) is 0 Å². The maximum Gasteiger partial charge on any atom is 0.194 e. The Morgan fingerprint density at radius 2 is 2.38 bits per heavy atom. The normalized spacial score (nSPS) is 15.8. The van der Waals surface area contributed by atoms with Gasteiger partial charge in [0.2, 0.25) is 0 Å². The zero-order valence-electron chi connectivity index (χ0n) is 7.57. The first kappa shape index (κ1) is 8.30. The average Bonchev–Trinajstić information content (AvgIpc) is 2.69. The molecule has 0 radical (unpaired) electrons. The SMILES string of the molecule is C1=CCCC(CCc2ncco2)=C1. The molecule has 1 heterocycles. The summed E-state index contributed by atoms with van der Waals surface area (Å²) in [6, 6.07) is 0. The van der Waals surface area contributed by atoms with Crippen molar-refractivity contribution in [2.24, 2.45) is 0 Å². The quantitative estimate of drug-likeness (QED) is 0.706. The van der Waals surface area contributed by atoms with E-state index in [1.807, 2.05) is 0 Å². The predicted octanol–water partition coefficient (Wildman–Crippen LogP) is 2.88. The third kappa shape index (κ3) is 2.31. The molecule has 0 bridgehead atoms. The molecule has 0 saturated heterocycles. The molecule has 0 spiro atoms. The maximum absolute atomic E-state index is 5.17. The van der Waals surface area contributed by atoms with E-state index in [-0.39, 0.29) is 0 Å². The monoisotopic (exact) mass is 175 g/mol. The first-order valence-corrected chi connectivity index (χ1v) is 4.68. The molecule has 0 saturated carbocycles. The van der Waals surface area contributed by atoms with Gasteiger partial charge in [0.25, 0.3) is 0 Å². The largest absolute Gasteiger partial charge is 0.449 e. The first-order valence-electron chi connectivity index (χ1n) is 4.68. The van der Waals surface area contributed by atoms with E-state index in [4.69, 9.17) is 4.42 Å². The van der Waals surface area contributed by atoms with Gasteiger partial charge in [-0.3, -0.25) is 0 Å². The summed E-state index contributed by atoms with van der Waals surface area (Å²) < 4.78 is 5.17. The number of hydrogen-bond donors (Lipinski definition) is 0. The van der Waals surface area contributed by atoms with E-state index < -0.39 is 0 Å². The number of hydrogen-bond acceptors (Lipinski definition) is 2. The van der Waals surface area contributed by atoms with Gasteiger partial charge in [0.1, 0.15) is 6.26 Å². The molecular weight excluding hydrogens is 162 g/mol. The molecule has 0 fully saturated rings. The van der Waals surface area contributed by atoms with E-state index in [9.17, 15) is 0 Å². The fourth-order valence-electron chi connectivity index (χ4n) is 1.50. The second-order valence-electron chi connectivity index (χ2n) is 3.22. The van der Waals surface area contributed by atoms with Crippen molar-refractivity contribution < 1.29 is 4.42 Å². The Hall–Kier alpha value is -1.31. The van der Waals surface area contributed by atoms with Crippen LogP contribution >= 0.6 is 0 Å². The lowest BCUT2D eigenvalue weighted by Gasteiger charge is -2.06. The Morgan fingerprint density at radius 3 is 3.08 bits per heavy atom. The van der Waals surface area contributed by atoms with E-state index >= 15 is 0 Å². The molecule has 0 unspecified atom stereocenters. The lowest BCUT2D eigenvalue weighted by molar-refractivity contribution is 0.492. The van der Waals surface area contributed by atoms with Crippen molar-refractivity contribution in [3.63, 3.8) is 0 Å². The number of aromatic nitrogens is 1. The minimum Gasteiger partial charge on any atom is -0.449 e. The molecule has 1 aliphatic rings. The number of aryl methyl sites for hydroxylation is 1. The smallest absolute Gasteiger partial charge is 0.194 e. The minimum atomic E-state index is 0.843. The summed E-state index contributed by atoms with van der Waals surface area (Å²) in [6.07, 6.45) is 14.2. The standard InChI is InChI=1S/C11H13NO/c1-2-4-10(5-3-1)6-7-11-12-8-9-13-11/h1-2,4,8-9H,3,5-7H2. The van der Waals surface area contributed by atoms with E-state index in [1.54, 1.807) is 12.5 Å². The summed E-state index contributed by atoms with van der Waals surface area (Å²) in [6.45, 7) is 0. The molecule has 13 heavy (non-hydrogen) atoms. The third-order valence-electron chi connectivity index (χ3n) is 2.24. The number of nitrogens with zero attached hydrogens (tertiary/aromatic N) is 1. The summed E-state index contributed by atoms with van der Waals surface area (Å²) in [5, 5.41) is 0. The molecule has 0 aliphatic heterocycles. The van der Waals surface area contributed by atoms with Crippen LogP contribution in [0.25, 0.3) is 0 Å². The molecule has 1 aromatic heterocycles. The zero-order valence-corrected chi connectivity index (χ0v) is 7.57. The van der Waals surface area contributed by atoms with E-state index in [2.05, 4.69) is 23.2 Å². The molecule has 1 aliphatic carbocycles. The number of rotatable bonds is 3. The highest BCUT2D eigenvalue weighted by atomic mass is 16.3. The van der Waals surface area contributed by atoms with Crippen LogP contribution in [-0.2, 0) is 6.42 Å². The summed E-state index contributed by atoms with van der Waals surface area (Å²) in [4.78, 5) is 4.09. The van der Waals surface area contributed by atoms with Gasteiger partial charge in [-0.1, -0.05) is 23.8 Å². The number of oxazole rings is 1. The third-order valence-corrected chi connectivity index (χ3v) is 2.24. The Morgan fingerprint density at radius 1 is 1.38 bits per heavy atom. The Balaban J connectivity index is 1.85. The number of allylic oxidation sites excluding steroid dienone is 4. The van der Waals surface area contributed by atoms with Crippen LogP contribution in [0, 0.1) is 0 Å². The van der Waals surface area contributed by atoms with Crippen LogP contribution < -0.4 is 0 Å². The average molecular weight is 175 g/mol. The second kappa shape index (κ2) is 4.08. The van der Waals surface area contributed by atoms with Crippen molar-refractivity contribution in [1.82, 2.24) is 4.98 Å². The summed E-state index contributed by atoms with van der Waals surface area (Å²) in [5.41, 5.74) is 1.50. The molecule has 0 aromatic carbocycles. The molecule has 1 aromatic rings. The summed E-state index contributed by atoms with van der Waals surface area (Å²) in [5.74, 6) is 0.843. The van der Waals surface area contributed by atoms with Crippen molar-refractivity contribution in [3.05, 3.63) is 42.2 Å². The van der Waals surface area contributed by atoms with Crippen molar-refractivity contribution in [2.45, 2.75) is 25.7 Å². The predicted molar refractivity (Wildman–Crippen MR) is 51.3 cm³/mol. The van der Waals surface area contributed by atoms with Gasteiger partial charge >= 0.3 is 0 Å². The van der Waals surface area contributed by atoms with Crippen LogP contribution in [0.5, 0.6) is 0 Å². The molecule has 0 N–H and O–H groups in total. The van der Waals surface area contributed by atoms with Gasteiger partial charge in [-0.25, -0.2) is 4.98 Å². The highest BCUT2D eigenvalue weighted by Gasteiger charge is 2.02. The first-order chi connectivity index (χ1) is 6.45. The van der Waals surface area contributed by atoms with Crippen LogP contribution in [0.2, 0.25) is 0 Å². The van der Waals surface area contributed by atoms with Crippen LogP contribution in [0.1, 0.15) is 25.2 Å². The molecular formula is C11H13NO. The van der Waals surface area contributed by atoms with Crippen molar-refractivity contribution in [1.29, 1.82) is 0 Å². The van der Waals surface area contributed by atoms with Gasteiger partial charge in [0.05, 0.1) is 6.20 Å². The Bertz CT molecular complexity index is 309. The molecule has 2 heteroatoms. The van der Waals surface area contributed by atoms with Crippen molar-refractivity contribution in [2.75, 3.05) is 0 Å². The molecule has 0 atom stereocenters. The second-order valence-corrected chi connectivity index (χ2v) is 3.22. The van der Waals surface area contributed by atoms with Crippen LogP contribution in [0.3, 0.4) is 0 Å². The Kier molecular flexibility index (Phi) is 2.60. The van der Waals surface area contributed by atoms with Gasteiger partial charge < -0.3 is 4.42 Å². The van der Waals surface area contributed by atoms with Gasteiger partial charge in [0.15, 0.2) is 5.89 Å². The fourth-order valence-corrected chi connectivity index (χ4v) is 1.50. The van der Waals surface area contributed by atoms with Crippen LogP contribution in [0.15, 0.2) is 40.7 Å². The molecule has 68 valence electrons. The van der Waals surface area contributed by atoms with Crippen molar-refractivity contribution >= 4 is 0 Å². The summed E-state index contributed by atoms with van der Waals surface area (Å²) >= 11 is 0. The molecule has 2 rings (SSSR count). The van der Waals surface area contributed by atoms with Crippen molar-refractivity contribution in [3.8, 4) is 0 Å². The lowest BCUT2D eigenvalue weighted by atomic mass is 10.0. The molecule has 0 amide bonds. The minimum absolute atomic E-state index is 0.843.